The van der Waals surface area contributed by atoms with Crippen LogP contribution in [0.25, 0.3) is 0 Å². The molecule has 1 heterocycles. The maximum atomic E-state index is 11.1. The van der Waals surface area contributed by atoms with Crippen LogP contribution in [0.1, 0.15) is 5.56 Å². The average molecular weight is 321 g/mol. The lowest BCUT2D eigenvalue weighted by Gasteiger charge is -2.02. The molecule has 0 radical (unpaired) electrons. The zero-order valence-corrected chi connectivity index (χ0v) is 11.8. The summed E-state index contributed by atoms with van der Waals surface area (Å²) in [5, 5.41) is 21.2. The lowest BCUT2D eigenvalue weighted by molar-refractivity contribution is -0.385. The van der Waals surface area contributed by atoms with E-state index >= 15 is 0 Å². The SMILES string of the molecule is O=[N+]([O-])c1cc2c(cc1C=Nc1ccc(Cl)cc1O)OCO2. The van der Waals surface area contributed by atoms with Gasteiger partial charge in [-0.15, -0.1) is 0 Å². The van der Waals surface area contributed by atoms with Gasteiger partial charge in [0.25, 0.3) is 5.69 Å². The molecule has 2 aromatic carbocycles. The number of fused-ring (bicyclic) bond motifs is 1. The summed E-state index contributed by atoms with van der Waals surface area (Å²) in [7, 11) is 0. The molecule has 1 aliphatic rings. The number of ether oxygens (including phenoxy) is 2. The van der Waals surface area contributed by atoms with Gasteiger partial charge in [0.1, 0.15) is 11.4 Å². The lowest BCUT2D eigenvalue weighted by Crippen LogP contribution is -1.94. The van der Waals surface area contributed by atoms with Gasteiger partial charge in [0.2, 0.25) is 6.79 Å². The summed E-state index contributed by atoms with van der Waals surface area (Å²) in [6.45, 7) is 0.0189. The Bertz CT molecular complexity index is 791. The molecule has 3 rings (SSSR count). The van der Waals surface area contributed by atoms with E-state index in [2.05, 4.69) is 4.99 Å². The van der Waals surface area contributed by atoms with Crippen molar-refractivity contribution in [1.82, 2.24) is 0 Å². The fraction of sp³-hybridized carbons (Fsp3) is 0.0714. The van der Waals surface area contributed by atoms with Crippen molar-refractivity contribution in [2.24, 2.45) is 4.99 Å². The normalized spacial score (nSPS) is 12.8. The Morgan fingerprint density at radius 1 is 1.27 bits per heavy atom. The number of hydrogen-bond donors (Lipinski definition) is 1. The number of benzene rings is 2. The minimum Gasteiger partial charge on any atom is -0.506 e. The van der Waals surface area contributed by atoms with E-state index in [1.165, 1.54) is 30.5 Å². The first-order chi connectivity index (χ1) is 10.5. The molecule has 2 aromatic rings. The molecule has 1 aliphatic heterocycles. The minimum absolute atomic E-state index is 0.0189. The predicted molar refractivity (Wildman–Crippen MR) is 79.6 cm³/mol. The first-order valence-electron chi connectivity index (χ1n) is 6.15. The van der Waals surface area contributed by atoms with E-state index in [1.807, 2.05) is 0 Å². The van der Waals surface area contributed by atoms with Crippen LogP contribution in [0, 0.1) is 10.1 Å². The predicted octanol–water partition coefficient (Wildman–Crippen LogP) is 3.43. The largest absolute Gasteiger partial charge is 0.506 e. The molecule has 112 valence electrons. The third kappa shape index (κ3) is 2.66. The van der Waals surface area contributed by atoms with Gasteiger partial charge in [-0.25, -0.2) is 0 Å². The van der Waals surface area contributed by atoms with Crippen LogP contribution >= 0.6 is 11.6 Å². The van der Waals surface area contributed by atoms with Gasteiger partial charge in [-0.05, 0) is 18.2 Å². The quantitative estimate of drug-likeness (QED) is 0.531. The van der Waals surface area contributed by atoms with Crippen molar-refractivity contribution < 1.29 is 19.5 Å². The number of aliphatic imine (C=N–C) groups is 1. The van der Waals surface area contributed by atoms with Gasteiger partial charge in [0.15, 0.2) is 11.5 Å². The van der Waals surface area contributed by atoms with Crippen LogP contribution in [0.5, 0.6) is 17.2 Å². The molecular formula is C14H9ClN2O5. The third-order valence-corrected chi connectivity index (χ3v) is 3.23. The summed E-state index contributed by atoms with van der Waals surface area (Å²) < 4.78 is 10.3. The van der Waals surface area contributed by atoms with Crippen molar-refractivity contribution in [3.8, 4) is 17.2 Å². The molecule has 0 aliphatic carbocycles. The molecule has 0 saturated heterocycles. The molecule has 22 heavy (non-hydrogen) atoms. The first-order valence-corrected chi connectivity index (χ1v) is 6.53. The summed E-state index contributed by atoms with van der Waals surface area (Å²) >= 11 is 5.73. The van der Waals surface area contributed by atoms with Crippen LogP contribution < -0.4 is 9.47 Å². The van der Waals surface area contributed by atoms with Crippen LogP contribution in [0.4, 0.5) is 11.4 Å². The Morgan fingerprint density at radius 3 is 2.68 bits per heavy atom. The highest BCUT2D eigenvalue weighted by molar-refractivity contribution is 6.30. The number of nitro benzene ring substituents is 1. The smallest absolute Gasteiger partial charge is 0.282 e. The maximum Gasteiger partial charge on any atom is 0.282 e. The molecule has 0 spiro atoms. The molecule has 0 bridgehead atoms. The van der Waals surface area contributed by atoms with Crippen molar-refractivity contribution in [2.75, 3.05) is 6.79 Å². The number of rotatable bonds is 3. The summed E-state index contributed by atoms with van der Waals surface area (Å²) in [5.41, 5.74) is 0.321. The van der Waals surface area contributed by atoms with Gasteiger partial charge < -0.3 is 14.6 Å². The molecule has 0 amide bonds. The molecule has 0 unspecified atom stereocenters. The summed E-state index contributed by atoms with van der Waals surface area (Å²) in [6, 6.07) is 7.15. The van der Waals surface area contributed by atoms with Crippen LogP contribution in [-0.2, 0) is 0 Å². The number of aromatic hydroxyl groups is 1. The van der Waals surface area contributed by atoms with Gasteiger partial charge in [-0.2, -0.15) is 0 Å². The Kier molecular flexibility index (Phi) is 3.56. The highest BCUT2D eigenvalue weighted by Crippen LogP contribution is 2.37. The van der Waals surface area contributed by atoms with Crippen LogP contribution in [0.2, 0.25) is 5.02 Å². The van der Waals surface area contributed by atoms with E-state index < -0.39 is 4.92 Å². The molecule has 0 aromatic heterocycles. The Labute approximate surface area is 129 Å². The van der Waals surface area contributed by atoms with Gasteiger partial charge >= 0.3 is 0 Å². The number of phenols is 1. The number of phenolic OH excluding ortho intramolecular Hbond substituents is 1. The summed E-state index contributed by atoms with van der Waals surface area (Å²) in [6.07, 6.45) is 1.28. The summed E-state index contributed by atoms with van der Waals surface area (Å²) in [4.78, 5) is 14.6. The highest BCUT2D eigenvalue weighted by Gasteiger charge is 2.22. The number of hydrogen-bond acceptors (Lipinski definition) is 6. The van der Waals surface area contributed by atoms with Crippen molar-refractivity contribution >= 4 is 29.2 Å². The lowest BCUT2D eigenvalue weighted by atomic mass is 10.1. The zero-order valence-electron chi connectivity index (χ0n) is 11.0. The number of nitrogens with zero attached hydrogens (tertiary/aromatic N) is 2. The second-order valence-electron chi connectivity index (χ2n) is 4.41. The monoisotopic (exact) mass is 320 g/mol. The van der Waals surface area contributed by atoms with E-state index in [1.54, 1.807) is 6.07 Å². The third-order valence-electron chi connectivity index (χ3n) is 3.00. The Hall–Kier alpha value is -2.80. The fourth-order valence-electron chi connectivity index (χ4n) is 1.95. The highest BCUT2D eigenvalue weighted by atomic mass is 35.5. The first kappa shape index (κ1) is 14.2. The topological polar surface area (TPSA) is 94.2 Å². The number of nitro groups is 1. The van der Waals surface area contributed by atoms with Crippen molar-refractivity contribution in [1.29, 1.82) is 0 Å². The molecule has 1 N–H and O–H groups in total. The van der Waals surface area contributed by atoms with Crippen LogP contribution in [0.3, 0.4) is 0 Å². The van der Waals surface area contributed by atoms with E-state index in [4.69, 9.17) is 21.1 Å². The molecule has 7 nitrogen and oxygen atoms in total. The van der Waals surface area contributed by atoms with Crippen LogP contribution in [0.15, 0.2) is 35.3 Å². The second kappa shape index (κ2) is 5.53. The molecule has 0 saturated carbocycles. The zero-order chi connectivity index (χ0) is 15.7. The van der Waals surface area contributed by atoms with Crippen molar-refractivity contribution in [3.05, 3.63) is 51.0 Å². The van der Waals surface area contributed by atoms with Gasteiger partial charge in [0.05, 0.1) is 16.6 Å². The Morgan fingerprint density at radius 2 is 2.00 bits per heavy atom. The second-order valence-corrected chi connectivity index (χ2v) is 4.85. The fourth-order valence-corrected chi connectivity index (χ4v) is 2.12. The van der Waals surface area contributed by atoms with Crippen LogP contribution in [-0.4, -0.2) is 23.0 Å². The standard InChI is InChI=1S/C14H9ClN2O5/c15-9-1-2-10(12(18)4-9)16-6-8-3-13-14(22-7-21-13)5-11(8)17(19)20/h1-6,18H,7H2. The molecule has 0 atom stereocenters. The minimum atomic E-state index is -0.537. The molecule has 0 fully saturated rings. The van der Waals surface area contributed by atoms with Gasteiger partial charge in [-0.3, -0.25) is 15.1 Å². The Balaban J connectivity index is 2.00. The van der Waals surface area contributed by atoms with E-state index in [0.29, 0.717) is 16.5 Å². The molecular weight excluding hydrogens is 312 g/mol. The number of halogens is 1. The van der Waals surface area contributed by atoms with Gasteiger partial charge in [-0.1, -0.05) is 11.6 Å². The van der Waals surface area contributed by atoms with Crippen molar-refractivity contribution in [2.45, 2.75) is 0 Å². The molecule has 8 heteroatoms. The van der Waals surface area contributed by atoms with Crippen molar-refractivity contribution in [3.63, 3.8) is 0 Å². The maximum absolute atomic E-state index is 11.1. The van der Waals surface area contributed by atoms with E-state index in [-0.39, 0.29) is 29.5 Å². The van der Waals surface area contributed by atoms with E-state index in [0.717, 1.165) is 0 Å². The van der Waals surface area contributed by atoms with Gasteiger partial charge in [0, 0.05) is 17.3 Å². The van der Waals surface area contributed by atoms with E-state index in [9.17, 15) is 15.2 Å². The average Bonchev–Trinajstić information content (AvgIpc) is 2.92. The summed E-state index contributed by atoms with van der Waals surface area (Å²) in [5.74, 6) is 0.609.